The fourth-order valence-corrected chi connectivity index (χ4v) is 3.57. The summed E-state index contributed by atoms with van der Waals surface area (Å²) in [6.07, 6.45) is 1.62. The van der Waals surface area contributed by atoms with Gasteiger partial charge in [0.05, 0.1) is 32.1 Å². The second-order valence-electron chi connectivity index (χ2n) is 7.61. The van der Waals surface area contributed by atoms with Crippen LogP contribution in [0.2, 0.25) is 0 Å². The van der Waals surface area contributed by atoms with Gasteiger partial charge in [-0.3, -0.25) is 20.4 Å². The summed E-state index contributed by atoms with van der Waals surface area (Å²) in [5, 5.41) is 4.64. The number of hydrogen-bond donors (Lipinski definition) is 2. The van der Waals surface area contributed by atoms with Gasteiger partial charge < -0.3 is 14.2 Å². The van der Waals surface area contributed by atoms with E-state index in [2.05, 4.69) is 16.0 Å². The zero-order valence-electron chi connectivity index (χ0n) is 20.1. The van der Waals surface area contributed by atoms with Crippen LogP contribution in [0, 0.1) is 0 Å². The van der Waals surface area contributed by atoms with E-state index in [1.165, 1.54) is 7.11 Å². The highest BCUT2D eigenvalue weighted by atomic mass is 16.5. The van der Waals surface area contributed by atoms with Crippen LogP contribution in [-0.2, 0) is 0 Å². The van der Waals surface area contributed by atoms with Crippen LogP contribution in [0.3, 0.4) is 0 Å². The van der Waals surface area contributed by atoms with Gasteiger partial charge in [-0.25, -0.2) is 4.68 Å². The van der Waals surface area contributed by atoms with Crippen LogP contribution in [0.1, 0.15) is 27.6 Å². The van der Waals surface area contributed by atoms with Gasteiger partial charge in [-0.05, 0) is 49.4 Å². The lowest BCUT2D eigenvalue weighted by molar-refractivity contribution is 0.0847. The van der Waals surface area contributed by atoms with Crippen molar-refractivity contribution >= 4 is 11.8 Å². The zero-order chi connectivity index (χ0) is 25.5. The molecule has 4 aromatic rings. The van der Waals surface area contributed by atoms with Crippen molar-refractivity contribution in [1.29, 1.82) is 0 Å². The van der Waals surface area contributed by atoms with E-state index >= 15 is 0 Å². The van der Waals surface area contributed by atoms with Gasteiger partial charge in [-0.15, -0.1) is 0 Å². The second-order valence-corrected chi connectivity index (χ2v) is 7.61. The molecule has 3 aromatic carbocycles. The number of aromatic nitrogens is 2. The molecule has 9 heteroatoms. The minimum Gasteiger partial charge on any atom is -0.497 e. The van der Waals surface area contributed by atoms with Crippen LogP contribution < -0.4 is 25.1 Å². The molecular formula is C27H26N4O5. The number of nitrogens with one attached hydrogen (secondary N) is 2. The lowest BCUT2D eigenvalue weighted by Gasteiger charge is -2.11. The van der Waals surface area contributed by atoms with E-state index in [-0.39, 0.29) is 5.56 Å². The summed E-state index contributed by atoms with van der Waals surface area (Å²) >= 11 is 0. The van der Waals surface area contributed by atoms with E-state index < -0.39 is 11.8 Å². The maximum atomic E-state index is 13.2. The normalized spacial score (nSPS) is 10.4. The standard InChI is InChI=1S/C27H26N4O5/c1-4-36-23-14-13-19(16-24(23)35-3)26(32)28-29-27(33)22-17-31(20-10-6-5-7-11-20)30-25(22)18-9-8-12-21(15-18)34-2/h5-17H,4H2,1-3H3,(H,28,32)(H,29,33). The Kier molecular flexibility index (Phi) is 7.50. The number of carbonyl (C=O) groups is 2. The molecule has 4 rings (SSSR count). The third-order valence-electron chi connectivity index (χ3n) is 5.34. The van der Waals surface area contributed by atoms with Crippen LogP contribution in [0.15, 0.2) is 79.0 Å². The Morgan fingerprint density at radius 3 is 2.36 bits per heavy atom. The van der Waals surface area contributed by atoms with Crippen molar-refractivity contribution in [2.75, 3.05) is 20.8 Å². The number of hydrogen-bond acceptors (Lipinski definition) is 6. The maximum Gasteiger partial charge on any atom is 0.273 e. The van der Waals surface area contributed by atoms with E-state index in [9.17, 15) is 9.59 Å². The van der Waals surface area contributed by atoms with Crippen LogP contribution in [0.25, 0.3) is 16.9 Å². The highest BCUT2D eigenvalue weighted by Gasteiger charge is 2.20. The molecule has 0 saturated carbocycles. The lowest BCUT2D eigenvalue weighted by Crippen LogP contribution is -2.41. The number of nitrogens with zero attached hydrogens (tertiary/aromatic N) is 2. The maximum absolute atomic E-state index is 13.2. The number of hydrazine groups is 1. The van der Waals surface area contributed by atoms with Crippen molar-refractivity contribution in [1.82, 2.24) is 20.6 Å². The summed E-state index contributed by atoms with van der Waals surface area (Å²) < 4.78 is 17.7. The SMILES string of the molecule is CCOc1ccc(C(=O)NNC(=O)c2cn(-c3ccccc3)nc2-c2cccc(OC)c2)cc1OC. The van der Waals surface area contributed by atoms with Crippen molar-refractivity contribution in [2.45, 2.75) is 6.92 Å². The Labute approximate surface area is 208 Å². The first-order chi connectivity index (χ1) is 17.5. The Hall–Kier alpha value is -4.79. The Morgan fingerprint density at radius 2 is 1.64 bits per heavy atom. The Morgan fingerprint density at radius 1 is 0.861 bits per heavy atom. The van der Waals surface area contributed by atoms with Crippen molar-refractivity contribution < 1.29 is 23.8 Å². The van der Waals surface area contributed by atoms with E-state index in [1.807, 2.05) is 55.5 Å². The predicted octanol–water partition coefficient (Wildman–Crippen LogP) is 4.03. The third kappa shape index (κ3) is 5.30. The first kappa shape index (κ1) is 24.3. The summed E-state index contributed by atoms with van der Waals surface area (Å²) in [6, 6.07) is 21.4. The molecule has 1 aromatic heterocycles. The smallest absolute Gasteiger partial charge is 0.273 e. The molecule has 184 valence electrons. The van der Waals surface area contributed by atoms with Gasteiger partial charge in [0.1, 0.15) is 11.4 Å². The summed E-state index contributed by atoms with van der Waals surface area (Å²) in [5.41, 5.74) is 7.42. The number of para-hydroxylation sites is 1. The monoisotopic (exact) mass is 486 g/mol. The molecule has 0 aliphatic heterocycles. The fourth-order valence-electron chi connectivity index (χ4n) is 3.57. The molecule has 0 aliphatic rings. The van der Waals surface area contributed by atoms with Gasteiger partial charge in [0, 0.05) is 17.3 Å². The molecule has 0 radical (unpaired) electrons. The Balaban J connectivity index is 1.59. The Bertz CT molecular complexity index is 1370. The predicted molar refractivity (Wildman–Crippen MR) is 135 cm³/mol. The zero-order valence-corrected chi connectivity index (χ0v) is 20.1. The van der Waals surface area contributed by atoms with Crippen molar-refractivity contribution in [2.24, 2.45) is 0 Å². The molecular weight excluding hydrogens is 460 g/mol. The largest absolute Gasteiger partial charge is 0.497 e. The van der Waals surface area contributed by atoms with Crippen molar-refractivity contribution in [3.05, 3.63) is 90.1 Å². The highest BCUT2D eigenvalue weighted by Crippen LogP contribution is 2.28. The minimum absolute atomic E-state index is 0.275. The van der Waals surface area contributed by atoms with E-state index in [4.69, 9.17) is 14.2 Å². The second kappa shape index (κ2) is 11.1. The molecule has 0 unspecified atom stereocenters. The van der Waals surface area contributed by atoms with Gasteiger partial charge in [-0.1, -0.05) is 30.3 Å². The molecule has 36 heavy (non-hydrogen) atoms. The van der Waals surface area contributed by atoms with E-state index in [0.717, 1.165) is 5.69 Å². The van der Waals surface area contributed by atoms with Crippen LogP contribution in [0.4, 0.5) is 0 Å². The molecule has 0 spiro atoms. The molecule has 0 fully saturated rings. The number of amides is 2. The fraction of sp³-hybridized carbons (Fsp3) is 0.148. The summed E-state index contributed by atoms with van der Waals surface area (Å²) in [6.45, 7) is 2.32. The number of benzene rings is 3. The average Bonchev–Trinajstić information content (AvgIpc) is 3.38. The number of rotatable bonds is 8. The van der Waals surface area contributed by atoms with Crippen molar-refractivity contribution in [3.8, 4) is 34.2 Å². The molecule has 0 atom stereocenters. The van der Waals surface area contributed by atoms with Crippen LogP contribution in [0.5, 0.6) is 17.2 Å². The first-order valence-corrected chi connectivity index (χ1v) is 11.2. The molecule has 0 bridgehead atoms. The van der Waals surface area contributed by atoms with Gasteiger partial charge in [0.25, 0.3) is 11.8 Å². The number of ether oxygens (including phenoxy) is 3. The summed E-state index contributed by atoms with van der Waals surface area (Å²) in [5.74, 6) is 0.535. The molecule has 1 heterocycles. The summed E-state index contributed by atoms with van der Waals surface area (Å²) in [7, 11) is 3.06. The lowest BCUT2D eigenvalue weighted by atomic mass is 10.1. The molecule has 0 aliphatic carbocycles. The number of carbonyl (C=O) groups excluding carboxylic acids is 2. The van der Waals surface area contributed by atoms with Gasteiger partial charge >= 0.3 is 0 Å². The minimum atomic E-state index is -0.527. The van der Waals surface area contributed by atoms with Crippen LogP contribution >= 0.6 is 0 Å². The summed E-state index contributed by atoms with van der Waals surface area (Å²) in [4.78, 5) is 25.9. The quantitative estimate of drug-likeness (QED) is 0.365. The highest BCUT2D eigenvalue weighted by molar-refractivity contribution is 6.02. The van der Waals surface area contributed by atoms with Gasteiger partial charge in [0.15, 0.2) is 11.5 Å². The molecule has 2 N–H and O–H groups in total. The van der Waals surface area contributed by atoms with E-state index in [1.54, 1.807) is 42.3 Å². The number of methoxy groups -OCH3 is 2. The third-order valence-corrected chi connectivity index (χ3v) is 5.34. The van der Waals surface area contributed by atoms with Crippen molar-refractivity contribution in [3.63, 3.8) is 0 Å². The van der Waals surface area contributed by atoms with Gasteiger partial charge in [0.2, 0.25) is 0 Å². The first-order valence-electron chi connectivity index (χ1n) is 11.2. The van der Waals surface area contributed by atoms with Crippen LogP contribution in [-0.4, -0.2) is 42.4 Å². The van der Waals surface area contributed by atoms with Gasteiger partial charge in [-0.2, -0.15) is 5.10 Å². The molecule has 2 amide bonds. The molecule has 0 saturated heterocycles. The average molecular weight is 487 g/mol. The van der Waals surface area contributed by atoms with E-state index in [0.29, 0.717) is 40.7 Å². The molecule has 9 nitrogen and oxygen atoms in total. The topological polar surface area (TPSA) is 104 Å².